The van der Waals surface area contributed by atoms with Gasteiger partial charge in [0.2, 0.25) is 5.91 Å². The minimum absolute atomic E-state index is 0.0192. The van der Waals surface area contributed by atoms with Crippen molar-refractivity contribution in [1.82, 2.24) is 5.32 Å². The van der Waals surface area contributed by atoms with Gasteiger partial charge in [0.1, 0.15) is 4.99 Å². The molecule has 0 aliphatic heterocycles. The number of nitrogens with two attached hydrogens (primary N) is 1. The number of anilines is 1. The number of thiocarbonyl (C=S) groups is 1. The molecule has 0 aliphatic rings. The van der Waals surface area contributed by atoms with E-state index in [4.69, 9.17) is 29.6 Å². The maximum absolute atomic E-state index is 11.7. The summed E-state index contributed by atoms with van der Waals surface area (Å²) in [7, 11) is 0. The Labute approximate surface area is 130 Å². The third kappa shape index (κ3) is 5.35. The van der Waals surface area contributed by atoms with Crippen LogP contribution in [0, 0.1) is 0 Å². The van der Waals surface area contributed by atoms with Crippen molar-refractivity contribution < 1.29 is 4.79 Å². The molecule has 0 fully saturated rings. The first-order chi connectivity index (χ1) is 9.43. The van der Waals surface area contributed by atoms with Gasteiger partial charge in [-0.25, -0.2) is 0 Å². The number of rotatable bonds is 7. The Hall–Kier alpha value is -1.33. The molecule has 1 amide bonds. The molecule has 0 spiro atoms. The number of carbonyl (C=O) groups is 1. The first-order valence-corrected chi connectivity index (χ1v) is 7.35. The molecule has 1 aromatic carbocycles. The standard InChI is InChI=1S/C14H20ClN3OS/c1-3-9(2)18-13(19)6-7-17-12-8-10(15)4-5-11(12)14(16)20/h4-5,8-9,17H,3,6-7H2,1-2H3,(H2,16,20)(H,18,19). The van der Waals surface area contributed by atoms with Gasteiger partial charge in [0.15, 0.2) is 0 Å². The Morgan fingerprint density at radius 2 is 2.20 bits per heavy atom. The normalized spacial score (nSPS) is 11.8. The van der Waals surface area contributed by atoms with Gasteiger partial charge in [-0.1, -0.05) is 30.7 Å². The van der Waals surface area contributed by atoms with Gasteiger partial charge in [-0.05, 0) is 31.5 Å². The number of hydrogen-bond donors (Lipinski definition) is 3. The molecule has 20 heavy (non-hydrogen) atoms. The molecule has 6 heteroatoms. The van der Waals surface area contributed by atoms with E-state index in [0.717, 1.165) is 17.7 Å². The van der Waals surface area contributed by atoms with Crippen LogP contribution in [0.3, 0.4) is 0 Å². The summed E-state index contributed by atoms with van der Waals surface area (Å²) in [4.78, 5) is 12.0. The Morgan fingerprint density at radius 1 is 1.50 bits per heavy atom. The second-order valence-corrected chi connectivity index (χ2v) is 5.48. The third-order valence-electron chi connectivity index (χ3n) is 2.93. The Bertz CT molecular complexity index is 493. The van der Waals surface area contributed by atoms with Crippen molar-refractivity contribution in [3.8, 4) is 0 Å². The summed E-state index contributed by atoms with van der Waals surface area (Å²) in [5, 5.41) is 6.65. The van der Waals surface area contributed by atoms with Crippen LogP contribution < -0.4 is 16.4 Å². The lowest BCUT2D eigenvalue weighted by atomic mass is 10.1. The average Bonchev–Trinajstić information content (AvgIpc) is 2.38. The molecule has 1 unspecified atom stereocenters. The van der Waals surface area contributed by atoms with Gasteiger partial charge in [0.05, 0.1) is 0 Å². The fourth-order valence-electron chi connectivity index (χ4n) is 1.64. The van der Waals surface area contributed by atoms with E-state index in [2.05, 4.69) is 10.6 Å². The molecule has 1 aromatic rings. The van der Waals surface area contributed by atoms with E-state index in [9.17, 15) is 4.79 Å². The molecular weight excluding hydrogens is 294 g/mol. The zero-order chi connectivity index (χ0) is 15.1. The van der Waals surface area contributed by atoms with Crippen molar-refractivity contribution in [3.05, 3.63) is 28.8 Å². The van der Waals surface area contributed by atoms with Gasteiger partial charge in [-0.3, -0.25) is 4.79 Å². The number of benzene rings is 1. The number of halogens is 1. The van der Waals surface area contributed by atoms with E-state index >= 15 is 0 Å². The van der Waals surface area contributed by atoms with E-state index < -0.39 is 0 Å². The number of amides is 1. The monoisotopic (exact) mass is 313 g/mol. The molecule has 0 aromatic heterocycles. The molecule has 1 atom stereocenters. The van der Waals surface area contributed by atoms with Crippen LogP contribution in [0.2, 0.25) is 5.02 Å². The highest BCUT2D eigenvalue weighted by Crippen LogP contribution is 2.21. The van der Waals surface area contributed by atoms with Crippen LogP contribution >= 0.6 is 23.8 Å². The molecule has 0 radical (unpaired) electrons. The van der Waals surface area contributed by atoms with E-state index in [-0.39, 0.29) is 11.9 Å². The van der Waals surface area contributed by atoms with Gasteiger partial charge in [0.25, 0.3) is 0 Å². The fourth-order valence-corrected chi connectivity index (χ4v) is 1.99. The Kier molecular flexibility index (Phi) is 6.75. The van der Waals surface area contributed by atoms with Crippen molar-refractivity contribution in [2.24, 2.45) is 5.73 Å². The molecule has 4 N–H and O–H groups in total. The summed E-state index contributed by atoms with van der Waals surface area (Å²) in [6.45, 7) is 4.51. The lowest BCUT2D eigenvalue weighted by Crippen LogP contribution is -2.33. The summed E-state index contributed by atoms with van der Waals surface area (Å²) in [6.07, 6.45) is 1.30. The summed E-state index contributed by atoms with van der Waals surface area (Å²) in [6, 6.07) is 5.45. The van der Waals surface area contributed by atoms with Crippen LogP contribution in [0.4, 0.5) is 5.69 Å². The fraction of sp³-hybridized carbons (Fsp3) is 0.429. The molecule has 0 heterocycles. The molecule has 1 rings (SSSR count). The van der Waals surface area contributed by atoms with Crippen LogP contribution in [0.15, 0.2) is 18.2 Å². The number of nitrogens with one attached hydrogen (secondary N) is 2. The second-order valence-electron chi connectivity index (χ2n) is 4.61. The van der Waals surface area contributed by atoms with Crippen LogP contribution in [-0.4, -0.2) is 23.5 Å². The molecule has 0 saturated heterocycles. The topological polar surface area (TPSA) is 67.2 Å². The SMILES string of the molecule is CCC(C)NC(=O)CCNc1cc(Cl)ccc1C(N)=S. The van der Waals surface area contributed by atoms with Crippen LogP contribution in [0.25, 0.3) is 0 Å². The number of carbonyl (C=O) groups excluding carboxylic acids is 1. The highest BCUT2D eigenvalue weighted by Gasteiger charge is 2.08. The van der Waals surface area contributed by atoms with Crippen molar-refractivity contribution in [1.29, 1.82) is 0 Å². The molecule has 0 saturated carbocycles. The van der Waals surface area contributed by atoms with E-state index in [1.165, 1.54) is 0 Å². The maximum atomic E-state index is 11.7. The predicted octanol–water partition coefficient (Wildman–Crippen LogP) is 2.69. The quantitative estimate of drug-likeness (QED) is 0.677. The summed E-state index contributed by atoms with van der Waals surface area (Å²) in [5.74, 6) is 0.0192. The van der Waals surface area contributed by atoms with Gasteiger partial charge < -0.3 is 16.4 Å². The van der Waals surface area contributed by atoms with E-state index in [0.29, 0.717) is 23.0 Å². The third-order valence-corrected chi connectivity index (χ3v) is 3.39. The lowest BCUT2D eigenvalue weighted by molar-refractivity contribution is -0.121. The smallest absolute Gasteiger partial charge is 0.221 e. The van der Waals surface area contributed by atoms with E-state index in [1.807, 2.05) is 13.8 Å². The van der Waals surface area contributed by atoms with Gasteiger partial charge >= 0.3 is 0 Å². The Morgan fingerprint density at radius 3 is 2.80 bits per heavy atom. The molecule has 0 bridgehead atoms. The maximum Gasteiger partial charge on any atom is 0.221 e. The van der Waals surface area contributed by atoms with Crippen LogP contribution in [0.1, 0.15) is 32.3 Å². The highest BCUT2D eigenvalue weighted by atomic mass is 35.5. The highest BCUT2D eigenvalue weighted by molar-refractivity contribution is 7.80. The van der Waals surface area contributed by atoms with Gasteiger partial charge in [-0.15, -0.1) is 0 Å². The largest absolute Gasteiger partial charge is 0.389 e. The van der Waals surface area contributed by atoms with Crippen LogP contribution in [-0.2, 0) is 4.79 Å². The molecule has 4 nitrogen and oxygen atoms in total. The number of hydrogen-bond acceptors (Lipinski definition) is 3. The first-order valence-electron chi connectivity index (χ1n) is 6.56. The second kappa shape index (κ2) is 8.07. The molecular formula is C14H20ClN3OS. The summed E-state index contributed by atoms with van der Waals surface area (Å²) in [5.41, 5.74) is 7.13. The van der Waals surface area contributed by atoms with Crippen molar-refractivity contribution in [2.75, 3.05) is 11.9 Å². The predicted molar refractivity (Wildman–Crippen MR) is 88.3 cm³/mol. The summed E-state index contributed by atoms with van der Waals surface area (Å²) >= 11 is 10.9. The minimum atomic E-state index is 0.0192. The van der Waals surface area contributed by atoms with Crippen LogP contribution in [0.5, 0.6) is 0 Å². The van der Waals surface area contributed by atoms with Gasteiger partial charge in [0, 0.05) is 35.3 Å². The van der Waals surface area contributed by atoms with Crippen molar-refractivity contribution in [3.63, 3.8) is 0 Å². The zero-order valence-electron chi connectivity index (χ0n) is 11.7. The summed E-state index contributed by atoms with van der Waals surface area (Å²) < 4.78 is 0. The molecule has 110 valence electrons. The first kappa shape index (κ1) is 16.7. The minimum Gasteiger partial charge on any atom is -0.389 e. The lowest BCUT2D eigenvalue weighted by Gasteiger charge is -2.13. The van der Waals surface area contributed by atoms with Crippen molar-refractivity contribution in [2.45, 2.75) is 32.7 Å². The molecule has 0 aliphatic carbocycles. The Balaban J connectivity index is 2.55. The van der Waals surface area contributed by atoms with Crippen molar-refractivity contribution >= 4 is 40.4 Å². The zero-order valence-corrected chi connectivity index (χ0v) is 13.3. The van der Waals surface area contributed by atoms with E-state index in [1.54, 1.807) is 18.2 Å². The average molecular weight is 314 g/mol. The van der Waals surface area contributed by atoms with Gasteiger partial charge in [-0.2, -0.15) is 0 Å².